The molecule has 5 nitrogen and oxygen atoms in total. The number of amides is 1. The number of primary amides is 1. The van der Waals surface area contributed by atoms with Crippen LogP contribution >= 0.6 is 23.1 Å². The summed E-state index contributed by atoms with van der Waals surface area (Å²) in [4.78, 5) is 29.3. The zero-order valence-corrected chi connectivity index (χ0v) is 15.3. The van der Waals surface area contributed by atoms with Crippen molar-refractivity contribution < 1.29 is 14.3 Å². The van der Waals surface area contributed by atoms with Crippen molar-refractivity contribution in [2.24, 2.45) is 5.73 Å². The Morgan fingerprint density at radius 3 is 2.46 bits per heavy atom. The van der Waals surface area contributed by atoms with Crippen LogP contribution in [0.15, 0.2) is 70.4 Å². The minimum Gasteiger partial charge on any atom is -0.444 e. The average Bonchev–Trinajstić information content (AvgIpc) is 3.19. The maximum Gasteiger partial charge on any atom is 0.339 e. The molecule has 1 amide bonds. The summed E-state index contributed by atoms with van der Waals surface area (Å²) in [6.45, 7) is 0. The van der Waals surface area contributed by atoms with Crippen molar-refractivity contribution in [1.29, 1.82) is 0 Å². The highest BCUT2D eigenvalue weighted by Gasteiger charge is 2.23. The first-order valence-corrected chi connectivity index (χ1v) is 9.71. The van der Waals surface area contributed by atoms with Gasteiger partial charge >= 0.3 is 5.97 Å². The van der Waals surface area contributed by atoms with Gasteiger partial charge in [-0.25, -0.2) is 9.78 Å². The molecule has 1 atom stereocenters. The highest BCUT2D eigenvalue weighted by Crippen LogP contribution is 2.24. The van der Waals surface area contributed by atoms with Crippen molar-refractivity contribution in [2.45, 2.75) is 16.8 Å². The van der Waals surface area contributed by atoms with Crippen LogP contribution in [0.25, 0.3) is 0 Å². The van der Waals surface area contributed by atoms with Gasteiger partial charge in [-0.15, -0.1) is 23.1 Å². The number of nitrogens with zero attached hydrogens (tertiary/aromatic N) is 1. The number of thioether (sulfide) groups is 1. The number of rotatable bonds is 7. The molecule has 0 spiro atoms. The number of aromatic nitrogens is 1. The van der Waals surface area contributed by atoms with E-state index in [0.29, 0.717) is 11.1 Å². The number of hydrogen-bond acceptors (Lipinski definition) is 6. The maximum absolute atomic E-state index is 12.3. The molecular weight excluding hydrogens is 368 g/mol. The van der Waals surface area contributed by atoms with E-state index in [4.69, 9.17) is 10.5 Å². The quantitative estimate of drug-likeness (QED) is 0.495. The summed E-state index contributed by atoms with van der Waals surface area (Å²) in [5, 5.41) is 2.01. The number of carbonyl (C=O) groups excluding carboxylic acids is 2. The first-order chi connectivity index (χ1) is 12.6. The summed E-state index contributed by atoms with van der Waals surface area (Å²) in [7, 11) is 0. The monoisotopic (exact) mass is 384 g/mol. The second kappa shape index (κ2) is 8.64. The van der Waals surface area contributed by atoms with Crippen molar-refractivity contribution in [3.63, 3.8) is 0 Å². The number of nitrogens with two attached hydrogens (primary N) is 1. The number of ether oxygens (including phenoxy) is 1. The van der Waals surface area contributed by atoms with E-state index in [-0.39, 0.29) is 0 Å². The predicted molar refractivity (Wildman–Crippen MR) is 102 cm³/mol. The predicted octanol–water partition coefficient (Wildman–Crippen LogP) is 3.82. The number of carbonyl (C=O) groups is 2. The first kappa shape index (κ1) is 18.2. The highest BCUT2D eigenvalue weighted by atomic mass is 32.2. The fourth-order valence-corrected chi connectivity index (χ4v) is 3.71. The largest absolute Gasteiger partial charge is 0.444 e. The Kier molecular flexibility index (Phi) is 6.04. The normalized spacial score (nSPS) is 11.7. The minimum atomic E-state index is -1.11. The van der Waals surface area contributed by atoms with Gasteiger partial charge in [0.15, 0.2) is 0 Å². The average molecular weight is 384 g/mol. The summed E-state index contributed by atoms with van der Waals surface area (Å²) in [5.74, 6) is -0.529. The molecule has 0 fully saturated rings. The minimum absolute atomic E-state index is 0.366. The number of thiazole rings is 1. The molecule has 1 unspecified atom stereocenters. The third-order valence-electron chi connectivity index (χ3n) is 3.55. The lowest BCUT2D eigenvalue weighted by Crippen LogP contribution is -2.26. The molecule has 3 aromatic rings. The Morgan fingerprint density at radius 1 is 1.12 bits per heavy atom. The van der Waals surface area contributed by atoms with E-state index in [1.54, 1.807) is 65.0 Å². The zero-order chi connectivity index (χ0) is 18.4. The van der Waals surface area contributed by atoms with Crippen molar-refractivity contribution >= 4 is 35.0 Å². The van der Waals surface area contributed by atoms with Gasteiger partial charge < -0.3 is 10.5 Å². The van der Waals surface area contributed by atoms with Crippen LogP contribution in [0.2, 0.25) is 0 Å². The number of esters is 1. The van der Waals surface area contributed by atoms with Crippen LogP contribution in [-0.2, 0) is 15.3 Å². The van der Waals surface area contributed by atoms with Crippen LogP contribution in [-0.4, -0.2) is 16.9 Å². The summed E-state index contributed by atoms with van der Waals surface area (Å²) in [5.41, 5.74) is 9.12. The molecule has 7 heteroatoms. The molecule has 2 aromatic carbocycles. The molecule has 0 saturated carbocycles. The summed E-state index contributed by atoms with van der Waals surface area (Å²) in [6.07, 6.45) is -1.11. The second-order valence-electron chi connectivity index (χ2n) is 5.39. The van der Waals surface area contributed by atoms with Gasteiger partial charge in [-0.2, -0.15) is 0 Å². The SMILES string of the molecule is NC(=O)C(OC(=O)c1ccc(SCc2cscn2)cc1)c1ccccc1. The lowest BCUT2D eigenvalue weighted by Gasteiger charge is -2.15. The molecular formula is C19H16N2O3S2. The molecule has 0 aliphatic heterocycles. The van der Waals surface area contributed by atoms with Crippen molar-refractivity contribution in [2.75, 3.05) is 0 Å². The van der Waals surface area contributed by atoms with Crippen LogP contribution in [0.4, 0.5) is 0 Å². The third kappa shape index (κ3) is 4.71. The van der Waals surface area contributed by atoms with Gasteiger partial charge in [-0.1, -0.05) is 30.3 Å². The summed E-state index contributed by atoms with van der Waals surface area (Å²) in [6, 6.07) is 15.8. The van der Waals surface area contributed by atoms with Crippen molar-refractivity contribution in [3.8, 4) is 0 Å². The van der Waals surface area contributed by atoms with E-state index >= 15 is 0 Å². The fraction of sp³-hybridized carbons (Fsp3) is 0.105. The molecule has 3 rings (SSSR count). The third-order valence-corrected chi connectivity index (χ3v) is 5.23. The number of benzene rings is 2. The first-order valence-electron chi connectivity index (χ1n) is 7.78. The second-order valence-corrected chi connectivity index (χ2v) is 7.16. The lowest BCUT2D eigenvalue weighted by molar-refractivity contribution is -0.127. The van der Waals surface area contributed by atoms with Crippen LogP contribution < -0.4 is 5.73 Å². The maximum atomic E-state index is 12.3. The van der Waals surface area contributed by atoms with Crippen molar-refractivity contribution in [3.05, 3.63) is 82.3 Å². The molecule has 1 heterocycles. The van der Waals surface area contributed by atoms with Gasteiger partial charge in [0.1, 0.15) is 0 Å². The van der Waals surface area contributed by atoms with Gasteiger partial charge in [-0.05, 0) is 24.3 Å². The molecule has 132 valence electrons. The van der Waals surface area contributed by atoms with Gasteiger partial charge in [0.05, 0.1) is 16.8 Å². The molecule has 26 heavy (non-hydrogen) atoms. The summed E-state index contributed by atoms with van der Waals surface area (Å²) < 4.78 is 5.31. The smallest absolute Gasteiger partial charge is 0.339 e. The zero-order valence-electron chi connectivity index (χ0n) is 13.7. The Labute approximate surface area is 159 Å². The van der Waals surface area contributed by atoms with Crippen LogP contribution in [0.1, 0.15) is 27.7 Å². The standard InChI is InChI=1S/C19H16N2O3S2/c20-18(22)17(13-4-2-1-3-5-13)24-19(23)14-6-8-16(9-7-14)26-11-15-10-25-12-21-15/h1-10,12,17H,11H2,(H2,20,22). The Morgan fingerprint density at radius 2 is 1.85 bits per heavy atom. The van der Waals surface area contributed by atoms with Crippen LogP contribution in [0.5, 0.6) is 0 Å². The Hall–Kier alpha value is -2.64. The Bertz CT molecular complexity index is 866. The van der Waals surface area contributed by atoms with Gasteiger partial charge in [0, 0.05) is 21.6 Å². The molecule has 0 radical (unpaired) electrons. The number of hydrogen-bond donors (Lipinski definition) is 1. The van der Waals surface area contributed by atoms with E-state index in [1.165, 1.54) is 0 Å². The van der Waals surface area contributed by atoms with E-state index in [1.807, 2.05) is 23.6 Å². The molecule has 0 saturated heterocycles. The van der Waals surface area contributed by atoms with E-state index in [0.717, 1.165) is 16.3 Å². The lowest BCUT2D eigenvalue weighted by atomic mass is 10.1. The fourth-order valence-electron chi connectivity index (χ4n) is 2.25. The van der Waals surface area contributed by atoms with Gasteiger partial charge in [0.2, 0.25) is 6.10 Å². The molecule has 0 aliphatic rings. The molecule has 2 N–H and O–H groups in total. The molecule has 0 bridgehead atoms. The Balaban J connectivity index is 1.64. The van der Waals surface area contributed by atoms with E-state index in [2.05, 4.69) is 4.98 Å². The van der Waals surface area contributed by atoms with Crippen LogP contribution in [0, 0.1) is 0 Å². The highest BCUT2D eigenvalue weighted by molar-refractivity contribution is 7.98. The van der Waals surface area contributed by atoms with E-state index < -0.39 is 18.0 Å². The van der Waals surface area contributed by atoms with Gasteiger partial charge in [0.25, 0.3) is 5.91 Å². The van der Waals surface area contributed by atoms with E-state index in [9.17, 15) is 9.59 Å². The summed E-state index contributed by atoms with van der Waals surface area (Å²) >= 11 is 3.20. The van der Waals surface area contributed by atoms with Crippen LogP contribution in [0.3, 0.4) is 0 Å². The molecule has 0 aliphatic carbocycles. The molecule has 1 aromatic heterocycles. The van der Waals surface area contributed by atoms with Gasteiger partial charge in [-0.3, -0.25) is 4.79 Å². The van der Waals surface area contributed by atoms with Crippen molar-refractivity contribution in [1.82, 2.24) is 4.98 Å². The topological polar surface area (TPSA) is 82.3 Å².